The summed E-state index contributed by atoms with van der Waals surface area (Å²) in [7, 11) is 1.82. The average Bonchev–Trinajstić information content (AvgIpc) is 3.31. The number of aryl methyl sites for hydroxylation is 2. The van der Waals surface area contributed by atoms with Gasteiger partial charge in [-0.1, -0.05) is 11.6 Å². The Labute approximate surface area is 167 Å². The first-order valence-corrected chi connectivity index (χ1v) is 9.73. The van der Waals surface area contributed by atoms with Gasteiger partial charge in [0.15, 0.2) is 5.69 Å². The van der Waals surface area contributed by atoms with Gasteiger partial charge < -0.3 is 14.2 Å². The number of nitrogens with zero attached hydrogens (tertiary/aromatic N) is 5. The SMILES string of the molecule is Cc1oc(-c2cnn(C)c2)nc1C(=O)N1CCN(C2CC2)c2ccc(Cl)cc21. The molecule has 1 fully saturated rings. The highest BCUT2D eigenvalue weighted by atomic mass is 35.5. The molecule has 1 saturated carbocycles. The van der Waals surface area contributed by atoms with Crippen molar-refractivity contribution < 1.29 is 9.21 Å². The number of aromatic nitrogens is 3. The van der Waals surface area contributed by atoms with Crippen molar-refractivity contribution in [2.45, 2.75) is 25.8 Å². The molecule has 0 unspecified atom stereocenters. The van der Waals surface area contributed by atoms with E-state index in [4.69, 9.17) is 16.0 Å². The average molecular weight is 398 g/mol. The minimum atomic E-state index is -0.171. The van der Waals surface area contributed by atoms with E-state index in [0.29, 0.717) is 35.0 Å². The van der Waals surface area contributed by atoms with Gasteiger partial charge in [-0.25, -0.2) is 4.98 Å². The van der Waals surface area contributed by atoms with Gasteiger partial charge in [0.25, 0.3) is 5.91 Å². The molecule has 0 saturated heterocycles. The lowest BCUT2D eigenvalue weighted by Gasteiger charge is -2.37. The highest BCUT2D eigenvalue weighted by Crippen LogP contribution is 2.41. The van der Waals surface area contributed by atoms with E-state index in [9.17, 15) is 4.79 Å². The van der Waals surface area contributed by atoms with Gasteiger partial charge in [-0.3, -0.25) is 9.48 Å². The molecule has 28 heavy (non-hydrogen) atoms. The van der Waals surface area contributed by atoms with E-state index in [1.54, 1.807) is 22.7 Å². The molecule has 1 aliphatic carbocycles. The number of carbonyl (C=O) groups excluding carboxylic acids is 1. The van der Waals surface area contributed by atoms with Gasteiger partial charge >= 0.3 is 0 Å². The summed E-state index contributed by atoms with van der Waals surface area (Å²) >= 11 is 6.25. The first kappa shape index (κ1) is 17.3. The van der Waals surface area contributed by atoms with E-state index in [2.05, 4.69) is 15.0 Å². The predicted molar refractivity (Wildman–Crippen MR) is 107 cm³/mol. The van der Waals surface area contributed by atoms with Crippen molar-refractivity contribution in [1.29, 1.82) is 0 Å². The summed E-state index contributed by atoms with van der Waals surface area (Å²) in [6.07, 6.45) is 5.88. The molecule has 3 heterocycles. The largest absolute Gasteiger partial charge is 0.440 e. The topological polar surface area (TPSA) is 67.4 Å². The highest BCUT2D eigenvalue weighted by Gasteiger charge is 2.37. The minimum Gasteiger partial charge on any atom is -0.440 e. The van der Waals surface area contributed by atoms with E-state index >= 15 is 0 Å². The molecule has 1 aliphatic heterocycles. The zero-order valence-corrected chi connectivity index (χ0v) is 16.5. The van der Waals surface area contributed by atoms with Crippen molar-refractivity contribution in [2.24, 2.45) is 7.05 Å². The smallest absolute Gasteiger partial charge is 0.280 e. The number of anilines is 2. The van der Waals surface area contributed by atoms with Gasteiger partial charge in [-0.05, 0) is 38.0 Å². The number of halogens is 1. The monoisotopic (exact) mass is 397 g/mol. The van der Waals surface area contributed by atoms with Crippen LogP contribution >= 0.6 is 11.6 Å². The van der Waals surface area contributed by atoms with Crippen LogP contribution in [0.2, 0.25) is 5.02 Å². The van der Waals surface area contributed by atoms with E-state index in [-0.39, 0.29) is 5.91 Å². The summed E-state index contributed by atoms with van der Waals surface area (Å²) in [6, 6.07) is 6.32. The fraction of sp³-hybridized carbons (Fsp3) is 0.350. The van der Waals surface area contributed by atoms with E-state index in [1.807, 2.05) is 31.4 Å². The van der Waals surface area contributed by atoms with Gasteiger partial charge in [0.1, 0.15) is 5.76 Å². The second kappa shape index (κ2) is 6.38. The fourth-order valence-electron chi connectivity index (χ4n) is 3.76. The molecule has 0 spiro atoms. The number of amides is 1. The molecule has 2 aromatic heterocycles. The Hall–Kier alpha value is -2.80. The second-order valence-electron chi connectivity index (χ2n) is 7.34. The third-order valence-corrected chi connectivity index (χ3v) is 5.52. The van der Waals surface area contributed by atoms with Crippen molar-refractivity contribution >= 4 is 28.9 Å². The zero-order valence-electron chi connectivity index (χ0n) is 15.7. The third kappa shape index (κ3) is 2.86. The van der Waals surface area contributed by atoms with Crippen LogP contribution in [0.3, 0.4) is 0 Å². The first-order valence-electron chi connectivity index (χ1n) is 9.36. The molecule has 8 heteroatoms. The van der Waals surface area contributed by atoms with E-state index in [1.165, 1.54) is 12.8 Å². The van der Waals surface area contributed by atoms with Crippen LogP contribution in [0.15, 0.2) is 35.0 Å². The van der Waals surface area contributed by atoms with Crippen molar-refractivity contribution in [3.8, 4) is 11.5 Å². The van der Waals surface area contributed by atoms with Crippen molar-refractivity contribution in [2.75, 3.05) is 22.9 Å². The number of benzene rings is 1. The maximum absolute atomic E-state index is 13.4. The molecule has 0 N–H and O–H groups in total. The summed E-state index contributed by atoms with van der Waals surface area (Å²) in [5.41, 5.74) is 2.96. The quantitative estimate of drug-likeness (QED) is 0.674. The second-order valence-corrected chi connectivity index (χ2v) is 7.78. The molecule has 7 nitrogen and oxygen atoms in total. The van der Waals surface area contributed by atoms with Crippen LogP contribution in [-0.2, 0) is 7.05 Å². The standard InChI is InChI=1S/C20H20ClN5O2/c1-12-18(23-19(28-12)13-10-22-24(2)11-13)20(27)26-8-7-25(15-4-5-15)16-6-3-14(21)9-17(16)26/h3,6,9-11,15H,4-5,7-8H2,1-2H3. The van der Waals surface area contributed by atoms with Crippen molar-refractivity contribution in [3.63, 3.8) is 0 Å². The Balaban J connectivity index is 1.51. The Kier molecular flexibility index (Phi) is 3.94. The van der Waals surface area contributed by atoms with Crippen molar-refractivity contribution in [3.05, 3.63) is 47.1 Å². The summed E-state index contributed by atoms with van der Waals surface area (Å²) in [6.45, 7) is 3.16. The lowest BCUT2D eigenvalue weighted by Crippen LogP contribution is -2.45. The molecule has 144 valence electrons. The molecular weight excluding hydrogens is 378 g/mol. The van der Waals surface area contributed by atoms with E-state index < -0.39 is 0 Å². The molecule has 5 rings (SSSR count). The van der Waals surface area contributed by atoms with Crippen LogP contribution in [0.5, 0.6) is 0 Å². The summed E-state index contributed by atoms with van der Waals surface area (Å²) < 4.78 is 7.43. The Morgan fingerprint density at radius 2 is 2.07 bits per heavy atom. The number of oxazole rings is 1. The molecule has 2 aliphatic rings. The number of fused-ring (bicyclic) bond motifs is 1. The van der Waals surface area contributed by atoms with Crippen LogP contribution in [-0.4, -0.2) is 39.8 Å². The summed E-state index contributed by atoms with van der Waals surface area (Å²) in [5.74, 6) is 0.726. The summed E-state index contributed by atoms with van der Waals surface area (Å²) in [4.78, 5) is 22.0. The Morgan fingerprint density at radius 1 is 1.25 bits per heavy atom. The Morgan fingerprint density at radius 3 is 2.79 bits per heavy atom. The van der Waals surface area contributed by atoms with Crippen LogP contribution < -0.4 is 9.80 Å². The van der Waals surface area contributed by atoms with Gasteiger partial charge in [0, 0.05) is 37.4 Å². The molecule has 0 bridgehead atoms. The molecule has 0 atom stereocenters. The highest BCUT2D eigenvalue weighted by molar-refractivity contribution is 6.31. The third-order valence-electron chi connectivity index (χ3n) is 5.29. The molecule has 3 aromatic rings. The Bertz CT molecular complexity index is 1070. The van der Waals surface area contributed by atoms with Crippen LogP contribution in [0.1, 0.15) is 29.1 Å². The van der Waals surface area contributed by atoms with Crippen LogP contribution in [0, 0.1) is 6.92 Å². The number of rotatable bonds is 3. The number of hydrogen-bond acceptors (Lipinski definition) is 5. The number of carbonyl (C=O) groups is 1. The predicted octanol–water partition coefficient (Wildman–Crippen LogP) is 3.67. The van der Waals surface area contributed by atoms with Gasteiger partial charge in [0.05, 0.1) is 23.1 Å². The number of hydrogen-bond donors (Lipinski definition) is 0. The lowest BCUT2D eigenvalue weighted by molar-refractivity contribution is 0.0981. The molecule has 1 aromatic carbocycles. The zero-order chi connectivity index (χ0) is 19.4. The maximum Gasteiger partial charge on any atom is 0.280 e. The molecular formula is C20H20ClN5O2. The van der Waals surface area contributed by atoms with E-state index in [0.717, 1.165) is 23.5 Å². The molecule has 1 amide bonds. The fourth-order valence-corrected chi connectivity index (χ4v) is 3.92. The van der Waals surface area contributed by atoms with Crippen LogP contribution in [0.4, 0.5) is 11.4 Å². The van der Waals surface area contributed by atoms with Gasteiger partial charge in [-0.2, -0.15) is 5.10 Å². The lowest BCUT2D eigenvalue weighted by atomic mass is 10.1. The van der Waals surface area contributed by atoms with Crippen molar-refractivity contribution in [1.82, 2.24) is 14.8 Å². The summed E-state index contributed by atoms with van der Waals surface area (Å²) in [5, 5.41) is 4.75. The first-order chi connectivity index (χ1) is 13.5. The normalized spacial score (nSPS) is 16.4. The minimum absolute atomic E-state index is 0.171. The van der Waals surface area contributed by atoms with Gasteiger partial charge in [0.2, 0.25) is 5.89 Å². The maximum atomic E-state index is 13.4. The van der Waals surface area contributed by atoms with Crippen LogP contribution in [0.25, 0.3) is 11.5 Å². The van der Waals surface area contributed by atoms with Gasteiger partial charge in [-0.15, -0.1) is 0 Å². The molecule has 0 radical (unpaired) electrons.